The van der Waals surface area contributed by atoms with Crippen molar-refractivity contribution in [2.45, 2.75) is 37.2 Å². The van der Waals surface area contributed by atoms with Crippen LogP contribution < -0.4 is 10.1 Å². The summed E-state index contributed by atoms with van der Waals surface area (Å²) < 4.78 is 10.9. The molecule has 3 rings (SSSR count). The lowest BCUT2D eigenvalue weighted by molar-refractivity contribution is 0.0476. The van der Waals surface area contributed by atoms with E-state index in [1.165, 1.54) is 5.56 Å². The van der Waals surface area contributed by atoms with Crippen LogP contribution in [0, 0.1) is 0 Å². The van der Waals surface area contributed by atoms with Crippen LogP contribution in [0.2, 0.25) is 0 Å². The molecule has 4 nitrogen and oxygen atoms in total. The van der Waals surface area contributed by atoms with Gasteiger partial charge in [0.25, 0.3) is 5.91 Å². The van der Waals surface area contributed by atoms with Gasteiger partial charge < -0.3 is 14.8 Å². The topological polar surface area (TPSA) is 47.6 Å². The fourth-order valence-corrected chi connectivity index (χ4v) is 3.92. The molecule has 1 aliphatic carbocycles. The van der Waals surface area contributed by atoms with E-state index in [4.69, 9.17) is 9.47 Å². The molecule has 0 heterocycles. The summed E-state index contributed by atoms with van der Waals surface area (Å²) >= 11 is 0. The fraction of sp³-hybridized carbons (Fsp3) is 0.409. The summed E-state index contributed by atoms with van der Waals surface area (Å²) in [5.74, 6) is 0.508. The number of carbonyl (C=O) groups excluding carboxylic acids is 1. The summed E-state index contributed by atoms with van der Waals surface area (Å²) in [5, 5.41) is 3.16. The van der Waals surface area contributed by atoms with E-state index < -0.39 is 0 Å². The van der Waals surface area contributed by atoms with E-state index >= 15 is 0 Å². The Morgan fingerprint density at radius 1 is 1.04 bits per heavy atom. The molecular weight excluding hydrogens is 326 g/mol. The van der Waals surface area contributed by atoms with Crippen molar-refractivity contribution < 1.29 is 14.3 Å². The second-order valence-electron chi connectivity index (χ2n) is 6.96. The Bertz CT molecular complexity index is 721. The second-order valence-corrected chi connectivity index (χ2v) is 6.96. The quantitative estimate of drug-likeness (QED) is 0.855. The lowest BCUT2D eigenvalue weighted by Gasteiger charge is -2.40. The van der Waals surface area contributed by atoms with Gasteiger partial charge in [0, 0.05) is 19.1 Å². The lowest BCUT2D eigenvalue weighted by Crippen LogP contribution is -2.44. The molecule has 2 aromatic rings. The molecule has 1 aliphatic rings. The molecule has 138 valence electrons. The van der Waals surface area contributed by atoms with Crippen LogP contribution in [0.3, 0.4) is 0 Å². The third-order valence-corrected chi connectivity index (χ3v) is 5.55. The smallest absolute Gasteiger partial charge is 0.255 e. The zero-order chi connectivity index (χ0) is 18.4. The van der Waals surface area contributed by atoms with Crippen LogP contribution in [0.25, 0.3) is 0 Å². The maximum Gasteiger partial charge on any atom is 0.255 e. The van der Waals surface area contributed by atoms with E-state index in [1.807, 2.05) is 24.3 Å². The maximum absolute atomic E-state index is 12.7. The molecule has 0 radical (unpaired) electrons. The highest BCUT2D eigenvalue weighted by atomic mass is 16.5. The van der Waals surface area contributed by atoms with Crippen molar-refractivity contribution in [3.05, 3.63) is 65.7 Å². The molecule has 0 bridgehead atoms. The second kappa shape index (κ2) is 8.37. The number of carbonyl (C=O) groups is 1. The van der Waals surface area contributed by atoms with Crippen molar-refractivity contribution in [1.82, 2.24) is 5.32 Å². The Labute approximate surface area is 155 Å². The Morgan fingerprint density at radius 3 is 2.35 bits per heavy atom. The summed E-state index contributed by atoms with van der Waals surface area (Å²) in [6.07, 6.45) is 4.34. The molecule has 0 atom stereocenters. The van der Waals surface area contributed by atoms with Gasteiger partial charge >= 0.3 is 0 Å². The van der Waals surface area contributed by atoms with Gasteiger partial charge in [-0.1, -0.05) is 42.5 Å². The molecule has 0 unspecified atom stereocenters. The highest BCUT2D eigenvalue weighted by Crippen LogP contribution is 2.40. The van der Waals surface area contributed by atoms with Crippen molar-refractivity contribution in [2.75, 3.05) is 20.8 Å². The van der Waals surface area contributed by atoms with Gasteiger partial charge in [-0.3, -0.25) is 4.79 Å². The minimum absolute atomic E-state index is 0.0477. The van der Waals surface area contributed by atoms with Gasteiger partial charge in [0.1, 0.15) is 5.75 Å². The summed E-state index contributed by atoms with van der Waals surface area (Å²) in [4.78, 5) is 12.7. The van der Waals surface area contributed by atoms with Gasteiger partial charge in [-0.15, -0.1) is 0 Å². The fourth-order valence-electron chi connectivity index (χ4n) is 3.92. The number of para-hydroxylation sites is 1. The Hall–Kier alpha value is -2.33. The van der Waals surface area contributed by atoms with Crippen molar-refractivity contribution in [1.29, 1.82) is 0 Å². The predicted molar refractivity (Wildman–Crippen MR) is 103 cm³/mol. The summed E-state index contributed by atoms with van der Waals surface area (Å²) in [7, 11) is 3.37. The monoisotopic (exact) mass is 353 g/mol. The van der Waals surface area contributed by atoms with Gasteiger partial charge in [-0.2, -0.15) is 0 Å². The van der Waals surface area contributed by atoms with Gasteiger partial charge in [-0.25, -0.2) is 0 Å². The number of methoxy groups -OCH3 is 2. The highest BCUT2D eigenvalue weighted by molar-refractivity contribution is 5.96. The summed E-state index contributed by atoms with van der Waals surface area (Å²) in [6, 6.07) is 17.8. The van der Waals surface area contributed by atoms with E-state index in [2.05, 4.69) is 29.6 Å². The first-order valence-electron chi connectivity index (χ1n) is 9.18. The van der Waals surface area contributed by atoms with E-state index in [9.17, 15) is 4.79 Å². The molecule has 1 N–H and O–H groups in total. The Balaban J connectivity index is 1.78. The van der Waals surface area contributed by atoms with Crippen LogP contribution in [0.5, 0.6) is 5.75 Å². The molecule has 1 fully saturated rings. The molecular formula is C22H27NO3. The molecule has 1 saturated carbocycles. The molecule has 0 spiro atoms. The van der Waals surface area contributed by atoms with Gasteiger partial charge in [0.15, 0.2) is 0 Å². The standard InChI is InChI=1S/C22H27NO3/c1-25-18-12-14-22(15-13-18,17-8-4-3-5-9-17)16-23-21(24)19-10-6-7-11-20(19)26-2/h3-11,18H,12-16H2,1-2H3,(H,23,24)/t18-,22+. The van der Waals surface area contributed by atoms with E-state index in [0.29, 0.717) is 24.0 Å². The molecule has 2 aromatic carbocycles. The highest BCUT2D eigenvalue weighted by Gasteiger charge is 2.37. The average molecular weight is 353 g/mol. The summed E-state index contributed by atoms with van der Waals surface area (Å²) in [6.45, 7) is 0.615. The van der Waals surface area contributed by atoms with Crippen molar-refractivity contribution in [3.8, 4) is 5.75 Å². The normalized spacial score (nSPS) is 22.6. The van der Waals surface area contributed by atoms with Crippen LogP contribution in [0.1, 0.15) is 41.6 Å². The van der Waals surface area contributed by atoms with E-state index in [-0.39, 0.29) is 11.3 Å². The molecule has 0 saturated heterocycles. The van der Waals surface area contributed by atoms with E-state index in [0.717, 1.165) is 25.7 Å². The zero-order valence-electron chi connectivity index (χ0n) is 15.5. The first-order chi connectivity index (χ1) is 12.7. The molecule has 0 aromatic heterocycles. The number of rotatable bonds is 6. The van der Waals surface area contributed by atoms with Crippen LogP contribution in [-0.2, 0) is 10.2 Å². The largest absolute Gasteiger partial charge is 0.496 e. The van der Waals surface area contributed by atoms with Gasteiger partial charge in [0.05, 0.1) is 18.8 Å². The third-order valence-electron chi connectivity index (χ3n) is 5.55. The summed E-state index contributed by atoms with van der Waals surface area (Å²) in [5.41, 5.74) is 1.81. The number of ether oxygens (including phenoxy) is 2. The SMILES string of the molecule is COc1ccccc1C(=O)NC[C@]1(c2ccccc2)CC[C@@H](OC)CC1. The number of hydrogen-bond acceptors (Lipinski definition) is 3. The predicted octanol–water partition coefficient (Wildman–Crippen LogP) is 3.95. The molecule has 4 heteroatoms. The lowest BCUT2D eigenvalue weighted by atomic mass is 9.68. The van der Waals surface area contributed by atoms with Gasteiger partial charge in [-0.05, 0) is 43.4 Å². The average Bonchev–Trinajstić information content (AvgIpc) is 2.73. The van der Waals surface area contributed by atoms with Crippen LogP contribution >= 0.6 is 0 Å². The number of nitrogens with one attached hydrogen (secondary N) is 1. The number of amides is 1. The van der Waals surface area contributed by atoms with Crippen LogP contribution in [0.15, 0.2) is 54.6 Å². The van der Waals surface area contributed by atoms with Crippen LogP contribution in [0.4, 0.5) is 0 Å². The first kappa shape index (κ1) is 18.5. The van der Waals surface area contributed by atoms with Crippen molar-refractivity contribution in [3.63, 3.8) is 0 Å². The minimum atomic E-state index is -0.0911. The number of benzene rings is 2. The number of hydrogen-bond donors (Lipinski definition) is 1. The Morgan fingerprint density at radius 2 is 1.69 bits per heavy atom. The molecule has 26 heavy (non-hydrogen) atoms. The molecule has 0 aliphatic heterocycles. The van der Waals surface area contributed by atoms with Gasteiger partial charge in [0.2, 0.25) is 0 Å². The Kier molecular flexibility index (Phi) is 5.94. The van der Waals surface area contributed by atoms with E-state index in [1.54, 1.807) is 20.3 Å². The van der Waals surface area contributed by atoms with Crippen LogP contribution in [-0.4, -0.2) is 32.8 Å². The zero-order valence-corrected chi connectivity index (χ0v) is 15.5. The van der Waals surface area contributed by atoms with Crippen molar-refractivity contribution >= 4 is 5.91 Å². The minimum Gasteiger partial charge on any atom is -0.496 e. The van der Waals surface area contributed by atoms with Crippen molar-refractivity contribution in [2.24, 2.45) is 0 Å². The maximum atomic E-state index is 12.7. The first-order valence-corrected chi connectivity index (χ1v) is 9.18. The molecule has 1 amide bonds. The third kappa shape index (κ3) is 3.91.